The number of carbonyl (C=O) groups excluding carboxylic acids is 1. The summed E-state index contributed by atoms with van der Waals surface area (Å²) in [5, 5.41) is 9.10. The Kier molecular flexibility index (Phi) is 3.77. The molecule has 0 unspecified atom stereocenters. The molecule has 0 aliphatic heterocycles. The first-order chi connectivity index (χ1) is 9.15. The van der Waals surface area contributed by atoms with E-state index in [1.807, 2.05) is 0 Å². The highest BCUT2D eigenvalue weighted by molar-refractivity contribution is 5.88. The largest absolute Gasteiger partial charge is 0.465 e. The van der Waals surface area contributed by atoms with Crippen LogP contribution in [-0.2, 0) is 11.3 Å². The molecule has 1 N–H and O–H groups in total. The van der Waals surface area contributed by atoms with E-state index in [1.54, 1.807) is 24.3 Å². The van der Waals surface area contributed by atoms with Gasteiger partial charge in [0.25, 0.3) is 5.56 Å². The summed E-state index contributed by atoms with van der Waals surface area (Å²) in [4.78, 5) is 23.3. The number of esters is 1. The summed E-state index contributed by atoms with van der Waals surface area (Å²) in [7, 11) is 1.28. The fourth-order valence-corrected chi connectivity index (χ4v) is 1.73. The minimum atomic E-state index is -0.507. The Labute approximate surface area is 109 Å². The van der Waals surface area contributed by atoms with Gasteiger partial charge in [0.2, 0.25) is 0 Å². The molecule has 1 heterocycles. The van der Waals surface area contributed by atoms with Crippen LogP contribution in [0, 0.1) is 0 Å². The molecule has 0 bridgehead atoms. The topological polar surface area (TPSA) is 68.5 Å². The van der Waals surface area contributed by atoms with Crippen molar-refractivity contribution in [3.63, 3.8) is 0 Å². The molecular formula is C14H13NO4. The van der Waals surface area contributed by atoms with Gasteiger partial charge in [0.1, 0.15) is 0 Å². The van der Waals surface area contributed by atoms with Gasteiger partial charge in [-0.3, -0.25) is 9.36 Å². The van der Waals surface area contributed by atoms with Crippen LogP contribution in [0.2, 0.25) is 0 Å². The van der Waals surface area contributed by atoms with E-state index in [0.29, 0.717) is 11.3 Å². The molecule has 0 saturated heterocycles. The molecule has 0 saturated carbocycles. The van der Waals surface area contributed by atoms with Gasteiger partial charge >= 0.3 is 5.97 Å². The summed E-state index contributed by atoms with van der Waals surface area (Å²) in [6, 6.07) is 9.61. The van der Waals surface area contributed by atoms with Gasteiger partial charge in [0.15, 0.2) is 0 Å². The number of pyridine rings is 1. The highest BCUT2D eigenvalue weighted by atomic mass is 16.5. The molecule has 0 aliphatic rings. The van der Waals surface area contributed by atoms with Gasteiger partial charge in [-0.25, -0.2) is 4.79 Å². The van der Waals surface area contributed by atoms with Crippen LogP contribution in [0.15, 0.2) is 47.4 Å². The van der Waals surface area contributed by atoms with E-state index in [2.05, 4.69) is 4.74 Å². The lowest BCUT2D eigenvalue weighted by Crippen LogP contribution is -2.19. The van der Waals surface area contributed by atoms with Crippen LogP contribution in [0.25, 0.3) is 5.69 Å². The lowest BCUT2D eigenvalue weighted by atomic mass is 10.2. The van der Waals surface area contributed by atoms with Crippen molar-refractivity contribution in [3.05, 3.63) is 64.1 Å². The molecule has 1 aromatic heterocycles. The Morgan fingerprint density at radius 3 is 2.79 bits per heavy atom. The summed E-state index contributed by atoms with van der Waals surface area (Å²) in [6.07, 6.45) is 1.42. The Morgan fingerprint density at radius 2 is 2.11 bits per heavy atom. The predicted octanol–water partition coefficient (Wildman–Crippen LogP) is 1.12. The van der Waals surface area contributed by atoms with Gasteiger partial charge < -0.3 is 9.84 Å². The monoisotopic (exact) mass is 259 g/mol. The quantitative estimate of drug-likeness (QED) is 0.838. The van der Waals surface area contributed by atoms with Crippen molar-refractivity contribution in [1.82, 2.24) is 4.57 Å². The number of aromatic nitrogens is 1. The molecule has 0 spiro atoms. The smallest absolute Gasteiger partial charge is 0.339 e. The second-order valence-corrected chi connectivity index (χ2v) is 3.95. The Hall–Kier alpha value is -2.40. The van der Waals surface area contributed by atoms with Gasteiger partial charge in [-0.1, -0.05) is 12.1 Å². The third-order valence-corrected chi connectivity index (χ3v) is 2.70. The van der Waals surface area contributed by atoms with E-state index < -0.39 is 5.97 Å². The summed E-state index contributed by atoms with van der Waals surface area (Å²) in [5.41, 5.74) is 1.30. The Morgan fingerprint density at radius 1 is 1.32 bits per heavy atom. The Bertz CT molecular complexity index is 660. The van der Waals surface area contributed by atoms with Crippen molar-refractivity contribution in [2.24, 2.45) is 0 Å². The van der Waals surface area contributed by atoms with Crippen molar-refractivity contribution in [2.45, 2.75) is 6.61 Å². The van der Waals surface area contributed by atoms with E-state index in [1.165, 1.54) is 30.0 Å². The molecule has 0 fully saturated rings. The first kappa shape index (κ1) is 13.0. The lowest BCUT2D eigenvalue weighted by Gasteiger charge is -2.08. The standard InChI is InChI=1S/C14H13NO4/c1-19-14(18)11-5-6-13(17)15(8-11)12-4-2-3-10(7-12)9-16/h2-8,16H,9H2,1H3. The highest BCUT2D eigenvalue weighted by Crippen LogP contribution is 2.10. The molecule has 1 aromatic carbocycles. The van der Waals surface area contributed by atoms with Gasteiger partial charge in [0, 0.05) is 18.0 Å². The van der Waals surface area contributed by atoms with Crippen LogP contribution in [0.5, 0.6) is 0 Å². The van der Waals surface area contributed by atoms with Crippen LogP contribution in [-0.4, -0.2) is 22.8 Å². The summed E-state index contributed by atoms with van der Waals surface area (Å²) < 4.78 is 5.96. The molecule has 98 valence electrons. The molecular weight excluding hydrogens is 246 g/mol. The van der Waals surface area contributed by atoms with Crippen LogP contribution >= 0.6 is 0 Å². The number of aliphatic hydroxyl groups excluding tert-OH is 1. The van der Waals surface area contributed by atoms with E-state index in [-0.39, 0.29) is 17.7 Å². The first-order valence-electron chi connectivity index (χ1n) is 5.67. The molecule has 0 atom stereocenters. The normalized spacial score (nSPS) is 10.2. The van der Waals surface area contributed by atoms with Gasteiger partial charge in [0.05, 0.1) is 19.3 Å². The molecule has 0 amide bonds. The summed E-state index contributed by atoms with van der Waals surface area (Å²) in [5.74, 6) is -0.507. The van der Waals surface area contributed by atoms with Crippen molar-refractivity contribution in [1.29, 1.82) is 0 Å². The third kappa shape index (κ3) is 2.71. The van der Waals surface area contributed by atoms with E-state index in [0.717, 1.165) is 0 Å². The van der Waals surface area contributed by atoms with Gasteiger partial charge in [-0.15, -0.1) is 0 Å². The summed E-state index contributed by atoms with van der Waals surface area (Å²) >= 11 is 0. The molecule has 19 heavy (non-hydrogen) atoms. The zero-order chi connectivity index (χ0) is 13.8. The average molecular weight is 259 g/mol. The number of aliphatic hydroxyl groups is 1. The molecule has 2 rings (SSSR count). The van der Waals surface area contributed by atoms with Gasteiger partial charge in [-0.2, -0.15) is 0 Å². The summed E-state index contributed by atoms with van der Waals surface area (Å²) in [6.45, 7) is -0.112. The fraction of sp³-hybridized carbons (Fsp3) is 0.143. The van der Waals surface area contributed by atoms with Crippen LogP contribution < -0.4 is 5.56 Å². The minimum absolute atomic E-state index is 0.112. The zero-order valence-corrected chi connectivity index (χ0v) is 10.4. The maximum absolute atomic E-state index is 11.8. The maximum Gasteiger partial charge on any atom is 0.339 e. The Balaban J connectivity index is 2.54. The molecule has 2 aromatic rings. The van der Waals surface area contributed by atoms with Gasteiger partial charge in [-0.05, 0) is 23.8 Å². The van der Waals surface area contributed by atoms with Crippen molar-refractivity contribution in [2.75, 3.05) is 7.11 Å². The molecule has 0 radical (unpaired) electrons. The van der Waals surface area contributed by atoms with Crippen LogP contribution in [0.4, 0.5) is 0 Å². The van der Waals surface area contributed by atoms with Crippen LogP contribution in [0.3, 0.4) is 0 Å². The van der Waals surface area contributed by atoms with E-state index in [4.69, 9.17) is 5.11 Å². The second kappa shape index (κ2) is 5.49. The highest BCUT2D eigenvalue weighted by Gasteiger charge is 2.08. The second-order valence-electron chi connectivity index (χ2n) is 3.95. The number of ether oxygens (including phenoxy) is 1. The van der Waals surface area contributed by atoms with Crippen molar-refractivity contribution in [3.8, 4) is 5.69 Å². The molecule has 5 heteroatoms. The van der Waals surface area contributed by atoms with Crippen molar-refractivity contribution >= 4 is 5.97 Å². The third-order valence-electron chi connectivity index (χ3n) is 2.70. The van der Waals surface area contributed by atoms with Crippen molar-refractivity contribution < 1.29 is 14.6 Å². The fourth-order valence-electron chi connectivity index (χ4n) is 1.73. The minimum Gasteiger partial charge on any atom is -0.465 e. The number of methoxy groups -OCH3 is 1. The average Bonchev–Trinajstić information content (AvgIpc) is 2.47. The number of carbonyl (C=O) groups is 1. The number of hydrogen-bond donors (Lipinski definition) is 1. The van der Waals surface area contributed by atoms with E-state index >= 15 is 0 Å². The molecule has 0 aliphatic carbocycles. The first-order valence-corrected chi connectivity index (χ1v) is 5.67. The number of hydrogen-bond acceptors (Lipinski definition) is 4. The number of benzene rings is 1. The molecule has 5 nitrogen and oxygen atoms in total. The maximum atomic E-state index is 11.8. The zero-order valence-electron chi connectivity index (χ0n) is 10.4. The van der Waals surface area contributed by atoms with Crippen LogP contribution in [0.1, 0.15) is 15.9 Å². The SMILES string of the molecule is COC(=O)c1ccc(=O)n(-c2cccc(CO)c2)c1. The van der Waals surface area contributed by atoms with E-state index in [9.17, 15) is 9.59 Å². The number of rotatable bonds is 3. The number of nitrogens with zero attached hydrogens (tertiary/aromatic N) is 1. The lowest BCUT2D eigenvalue weighted by molar-refractivity contribution is 0.0600. The predicted molar refractivity (Wildman–Crippen MR) is 69.3 cm³/mol.